The van der Waals surface area contributed by atoms with Crippen LogP contribution in [0, 0.1) is 19.8 Å². The molecule has 7 rings (SSSR count). The average Bonchev–Trinajstić information content (AvgIpc) is 3.18. The fourth-order valence-electron chi connectivity index (χ4n) is 6.56. The second kappa shape index (κ2) is 6.70. The van der Waals surface area contributed by atoms with Gasteiger partial charge in [-0.1, -0.05) is 56.3 Å². The SMILES string of the molecule is Cc1c2ccccc2c(C)c2c1c1c3c(cc[n+]1C)cc(CC(C)C)c1c4ccccc4n2c13. The van der Waals surface area contributed by atoms with E-state index in [0.717, 1.165) is 6.42 Å². The van der Waals surface area contributed by atoms with E-state index >= 15 is 0 Å². The quantitative estimate of drug-likeness (QED) is 0.147. The summed E-state index contributed by atoms with van der Waals surface area (Å²) < 4.78 is 4.93. The van der Waals surface area contributed by atoms with Crippen LogP contribution in [0.5, 0.6) is 0 Å². The van der Waals surface area contributed by atoms with Crippen LogP contribution in [0.15, 0.2) is 66.9 Å². The molecular formula is C32H29N2+. The van der Waals surface area contributed by atoms with E-state index in [2.05, 4.69) is 111 Å². The predicted molar refractivity (Wildman–Crippen MR) is 145 cm³/mol. The van der Waals surface area contributed by atoms with E-state index in [4.69, 9.17) is 0 Å². The third kappa shape index (κ3) is 2.33. The van der Waals surface area contributed by atoms with Crippen LogP contribution in [0.3, 0.4) is 0 Å². The van der Waals surface area contributed by atoms with Crippen molar-refractivity contribution >= 4 is 59.8 Å². The van der Waals surface area contributed by atoms with Gasteiger partial charge in [-0.25, -0.2) is 4.57 Å². The molecule has 0 spiro atoms. The number of rotatable bonds is 2. The van der Waals surface area contributed by atoms with Gasteiger partial charge in [0.2, 0.25) is 5.52 Å². The predicted octanol–water partition coefficient (Wildman–Crippen LogP) is 7.78. The van der Waals surface area contributed by atoms with Crippen molar-refractivity contribution in [1.82, 2.24) is 4.40 Å². The molecule has 0 radical (unpaired) electrons. The molecule has 34 heavy (non-hydrogen) atoms. The maximum Gasteiger partial charge on any atom is 0.224 e. The van der Waals surface area contributed by atoms with Crippen molar-refractivity contribution in [1.29, 1.82) is 0 Å². The lowest BCUT2D eigenvalue weighted by molar-refractivity contribution is -0.643. The maximum atomic E-state index is 2.59. The van der Waals surface area contributed by atoms with E-state index < -0.39 is 0 Å². The second-order valence-electron chi connectivity index (χ2n) is 10.5. The molecule has 166 valence electrons. The summed E-state index contributed by atoms with van der Waals surface area (Å²) in [5.74, 6) is 0.602. The van der Waals surface area contributed by atoms with Crippen LogP contribution in [0.25, 0.3) is 59.8 Å². The number of hydrogen-bond acceptors (Lipinski definition) is 0. The van der Waals surface area contributed by atoms with Crippen molar-refractivity contribution < 1.29 is 4.57 Å². The van der Waals surface area contributed by atoms with Crippen LogP contribution in [0.1, 0.15) is 30.5 Å². The van der Waals surface area contributed by atoms with Gasteiger partial charge in [0.25, 0.3) is 0 Å². The highest BCUT2D eigenvalue weighted by atomic mass is 15.0. The molecule has 4 aromatic carbocycles. The van der Waals surface area contributed by atoms with Crippen LogP contribution in [-0.4, -0.2) is 4.40 Å². The molecule has 0 bridgehead atoms. The monoisotopic (exact) mass is 441 g/mol. The largest absolute Gasteiger partial charge is 0.307 e. The van der Waals surface area contributed by atoms with Gasteiger partial charge in [-0.15, -0.1) is 0 Å². The van der Waals surface area contributed by atoms with Crippen molar-refractivity contribution in [2.75, 3.05) is 0 Å². The van der Waals surface area contributed by atoms with E-state index in [1.165, 1.54) is 76.5 Å². The zero-order valence-electron chi connectivity index (χ0n) is 20.5. The molecule has 0 N–H and O–H groups in total. The van der Waals surface area contributed by atoms with Gasteiger partial charge in [-0.2, -0.15) is 0 Å². The van der Waals surface area contributed by atoms with Gasteiger partial charge in [0.1, 0.15) is 7.05 Å². The lowest BCUT2D eigenvalue weighted by Gasteiger charge is -2.18. The Morgan fingerprint density at radius 1 is 0.765 bits per heavy atom. The normalized spacial score (nSPS) is 12.6. The van der Waals surface area contributed by atoms with Gasteiger partial charge in [0.05, 0.1) is 27.3 Å². The number of benzene rings is 4. The molecule has 3 heterocycles. The molecule has 0 saturated heterocycles. The first-order valence-corrected chi connectivity index (χ1v) is 12.4. The lowest BCUT2D eigenvalue weighted by Crippen LogP contribution is -2.29. The van der Waals surface area contributed by atoms with Gasteiger partial charge in [-0.3, -0.25) is 0 Å². The molecule has 0 amide bonds. The zero-order valence-corrected chi connectivity index (χ0v) is 20.5. The first-order valence-electron chi connectivity index (χ1n) is 12.4. The molecule has 0 unspecified atom stereocenters. The summed E-state index contributed by atoms with van der Waals surface area (Å²) in [6.07, 6.45) is 3.33. The summed E-state index contributed by atoms with van der Waals surface area (Å²) >= 11 is 0. The summed E-state index contributed by atoms with van der Waals surface area (Å²) in [5, 5.41) is 9.59. The Bertz CT molecular complexity index is 1940. The molecule has 0 atom stereocenters. The highest BCUT2D eigenvalue weighted by Gasteiger charge is 2.27. The summed E-state index contributed by atoms with van der Waals surface area (Å²) in [6.45, 7) is 9.27. The van der Waals surface area contributed by atoms with Crippen molar-refractivity contribution in [3.8, 4) is 0 Å². The van der Waals surface area contributed by atoms with Crippen LogP contribution in [0.4, 0.5) is 0 Å². The Kier molecular flexibility index (Phi) is 3.90. The van der Waals surface area contributed by atoms with Gasteiger partial charge in [0, 0.05) is 16.8 Å². The van der Waals surface area contributed by atoms with Crippen LogP contribution < -0.4 is 4.57 Å². The topological polar surface area (TPSA) is 8.29 Å². The van der Waals surface area contributed by atoms with E-state index in [0.29, 0.717) is 5.92 Å². The molecular weight excluding hydrogens is 412 g/mol. The average molecular weight is 442 g/mol. The number of para-hydroxylation sites is 1. The Labute approximate surface area is 199 Å². The Balaban J connectivity index is 1.94. The lowest BCUT2D eigenvalue weighted by atomic mass is 9.90. The number of nitrogens with zero attached hydrogens (tertiary/aromatic N) is 2. The Morgan fingerprint density at radius 2 is 1.44 bits per heavy atom. The fourth-order valence-corrected chi connectivity index (χ4v) is 6.56. The molecule has 3 aromatic heterocycles. The van der Waals surface area contributed by atoms with Crippen LogP contribution in [-0.2, 0) is 13.5 Å². The maximum absolute atomic E-state index is 2.59. The number of pyridine rings is 2. The minimum absolute atomic E-state index is 0.602. The number of fused-ring (bicyclic) bond motifs is 7. The van der Waals surface area contributed by atoms with Crippen molar-refractivity contribution in [3.05, 3.63) is 83.6 Å². The highest BCUT2D eigenvalue weighted by Crippen LogP contribution is 2.45. The van der Waals surface area contributed by atoms with E-state index in [1.54, 1.807) is 0 Å². The minimum Gasteiger partial charge on any atom is -0.307 e. The molecule has 0 aliphatic carbocycles. The Hall–Kier alpha value is -3.65. The van der Waals surface area contributed by atoms with Crippen molar-refractivity contribution in [3.63, 3.8) is 0 Å². The van der Waals surface area contributed by atoms with Crippen LogP contribution >= 0.6 is 0 Å². The minimum atomic E-state index is 0.602. The van der Waals surface area contributed by atoms with Crippen molar-refractivity contribution in [2.45, 2.75) is 34.1 Å². The fraction of sp³-hybridized carbons (Fsp3) is 0.219. The Morgan fingerprint density at radius 3 is 2.18 bits per heavy atom. The third-order valence-electron chi connectivity index (χ3n) is 7.91. The molecule has 0 fully saturated rings. The molecule has 0 aliphatic rings. The molecule has 2 heteroatoms. The van der Waals surface area contributed by atoms with E-state index in [9.17, 15) is 0 Å². The zero-order chi connectivity index (χ0) is 23.3. The van der Waals surface area contributed by atoms with Gasteiger partial charge in [-0.05, 0) is 71.2 Å². The van der Waals surface area contributed by atoms with Gasteiger partial charge in [0.15, 0.2) is 6.20 Å². The molecule has 0 saturated carbocycles. The van der Waals surface area contributed by atoms with Crippen LogP contribution in [0.2, 0.25) is 0 Å². The molecule has 0 aliphatic heterocycles. The molecule has 2 nitrogen and oxygen atoms in total. The number of hydrogen-bond donors (Lipinski definition) is 0. The summed E-state index contributed by atoms with van der Waals surface area (Å²) in [7, 11) is 2.20. The second-order valence-corrected chi connectivity index (χ2v) is 10.5. The summed E-state index contributed by atoms with van der Waals surface area (Å²) in [4.78, 5) is 0. The summed E-state index contributed by atoms with van der Waals surface area (Å²) in [6, 6.07) is 22.7. The van der Waals surface area contributed by atoms with Crippen molar-refractivity contribution in [2.24, 2.45) is 13.0 Å². The molecule has 7 aromatic rings. The first kappa shape index (κ1) is 19.8. The smallest absolute Gasteiger partial charge is 0.224 e. The van der Waals surface area contributed by atoms with Gasteiger partial charge < -0.3 is 4.40 Å². The number of aromatic nitrogens is 2. The van der Waals surface area contributed by atoms with E-state index in [-0.39, 0.29) is 0 Å². The first-order chi connectivity index (χ1) is 16.5. The van der Waals surface area contributed by atoms with Gasteiger partial charge >= 0.3 is 0 Å². The standard InChI is InChI=1S/C32H29N2/c1-18(2)16-22-17-21-14-15-33(5)31-27-19(3)23-10-6-7-11-24(23)20(4)30(27)34-26-13-9-8-12-25(26)28(22)32(34)29(21)31/h6-15,17-18H,16H2,1-5H3/q+1. The number of aryl methyl sites for hydroxylation is 3. The highest BCUT2D eigenvalue weighted by molar-refractivity contribution is 6.29. The van der Waals surface area contributed by atoms with E-state index in [1.807, 2.05) is 0 Å². The summed E-state index contributed by atoms with van der Waals surface area (Å²) in [5.41, 5.74) is 9.57. The third-order valence-corrected chi connectivity index (χ3v) is 7.91.